The lowest BCUT2D eigenvalue weighted by Crippen LogP contribution is -2.02. The van der Waals surface area contributed by atoms with E-state index >= 15 is 0 Å². The Hall–Kier alpha value is -0.590. The van der Waals surface area contributed by atoms with Crippen LogP contribution in [-0.2, 0) is 4.79 Å². The van der Waals surface area contributed by atoms with Crippen molar-refractivity contribution in [2.45, 2.75) is 34.1 Å². The third kappa shape index (κ3) is 3.44. The van der Waals surface area contributed by atoms with Crippen molar-refractivity contribution < 1.29 is 4.79 Å². The predicted octanol–water partition coefficient (Wildman–Crippen LogP) is 2.57. The van der Waals surface area contributed by atoms with Crippen molar-refractivity contribution in [2.24, 2.45) is 5.92 Å². The molecular formula is C9H16O. The highest BCUT2D eigenvalue weighted by atomic mass is 16.1. The van der Waals surface area contributed by atoms with Gasteiger partial charge in [-0.05, 0) is 19.4 Å². The predicted molar refractivity (Wildman–Crippen MR) is 43.9 cm³/mol. The van der Waals surface area contributed by atoms with Gasteiger partial charge in [-0.25, -0.2) is 0 Å². The van der Waals surface area contributed by atoms with E-state index in [1.807, 2.05) is 20.8 Å². The lowest BCUT2D eigenvalue weighted by Gasteiger charge is -1.98. The fraction of sp³-hybridized carbons (Fsp3) is 0.667. The Labute approximate surface area is 63.1 Å². The molecular weight excluding hydrogens is 124 g/mol. The molecule has 0 bridgehead atoms. The van der Waals surface area contributed by atoms with Crippen molar-refractivity contribution in [3.8, 4) is 0 Å². The summed E-state index contributed by atoms with van der Waals surface area (Å²) in [6.45, 7) is 7.88. The number of ketones is 1. The summed E-state index contributed by atoms with van der Waals surface area (Å²) in [6, 6.07) is 0. The smallest absolute Gasteiger partial charge is 0.158 e. The summed E-state index contributed by atoms with van der Waals surface area (Å²) in [4.78, 5) is 11.0. The molecule has 10 heavy (non-hydrogen) atoms. The van der Waals surface area contributed by atoms with Gasteiger partial charge in [-0.3, -0.25) is 4.79 Å². The van der Waals surface area contributed by atoms with Gasteiger partial charge in [-0.1, -0.05) is 26.3 Å². The molecule has 0 aliphatic rings. The van der Waals surface area contributed by atoms with Gasteiger partial charge in [-0.15, -0.1) is 0 Å². The Morgan fingerprint density at radius 1 is 1.50 bits per heavy atom. The van der Waals surface area contributed by atoms with Crippen LogP contribution in [0, 0.1) is 5.92 Å². The van der Waals surface area contributed by atoms with E-state index in [4.69, 9.17) is 0 Å². The lowest BCUT2D eigenvalue weighted by molar-refractivity contribution is -0.117. The summed E-state index contributed by atoms with van der Waals surface area (Å²) in [6.07, 6.45) is 2.71. The molecule has 0 N–H and O–H groups in total. The molecule has 0 saturated heterocycles. The molecule has 1 nitrogen and oxygen atoms in total. The van der Waals surface area contributed by atoms with E-state index in [9.17, 15) is 4.79 Å². The Kier molecular flexibility index (Phi) is 4.01. The molecule has 0 heterocycles. The Balaban J connectivity index is 4.00. The SMILES string of the molecule is CCC(C)=CC(=O)C(C)C. The average Bonchev–Trinajstić information content (AvgIpc) is 1.87. The van der Waals surface area contributed by atoms with Crippen molar-refractivity contribution in [3.63, 3.8) is 0 Å². The quantitative estimate of drug-likeness (QED) is 0.551. The molecule has 0 aliphatic heterocycles. The molecule has 0 aliphatic carbocycles. The van der Waals surface area contributed by atoms with Gasteiger partial charge >= 0.3 is 0 Å². The van der Waals surface area contributed by atoms with Crippen LogP contribution < -0.4 is 0 Å². The van der Waals surface area contributed by atoms with Gasteiger partial charge < -0.3 is 0 Å². The molecule has 1 heteroatoms. The van der Waals surface area contributed by atoms with Crippen molar-refractivity contribution >= 4 is 5.78 Å². The van der Waals surface area contributed by atoms with Crippen molar-refractivity contribution in [1.29, 1.82) is 0 Å². The van der Waals surface area contributed by atoms with E-state index in [2.05, 4.69) is 6.92 Å². The minimum Gasteiger partial charge on any atom is -0.295 e. The van der Waals surface area contributed by atoms with Crippen LogP contribution in [0.15, 0.2) is 11.6 Å². The van der Waals surface area contributed by atoms with Crippen LogP contribution in [0.2, 0.25) is 0 Å². The molecule has 0 aromatic heterocycles. The van der Waals surface area contributed by atoms with E-state index in [0.717, 1.165) is 6.42 Å². The molecule has 0 amide bonds. The zero-order valence-electron chi connectivity index (χ0n) is 7.27. The summed E-state index contributed by atoms with van der Waals surface area (Å²) in [5.74, 6) is 0.376. The average molecular weight is 140 g/mol. The molecule has 58 valence electrons. The van der Waals surface area contributed by atoms with Crippen LogP contribution in [0.1, 0.15) is 34.1 Å². The van der Waals surface area contributed by atoms with Crippen LogP contribution >= 0.6 is 0 Å². The largest absolute Gasteiger partial charge is 0.295 e. The van der Waals surface area contributed by atoms with E-state index in [-0.39, 0.29) is 11.7 Å². The second-order valence-electron chi connectivity index (χ2n) is 2.90. The molecule has 0 atom stereocenters. The minimum absolute atomic E-state index is 0.140. The van der Waals surface area contributed by atoms with Gasteiger partial charge in [0.1, 0.15) is 0 Å². The molecule has 0 spiro atoms. The molecule has 0 aromatic rings. The number of carbonyl (C=O) groups excluding carboxylic acids is 1. The number of allylic oxidation sites excluding steroid dienone is 2. The van der Waals surface area contributed by atoms with Crippen molar-refractivity contribution in [3.05, 3.63) is 11.6 Å². The van der Waals surface area contributed by atoms with Gasteiger partial charge in [0.25, 0.3) is 0 Å². The maximum Gasteiger partial charge on any atom is 0.158 e. The van der Waals surface area contributed by atoms with Crippen LogP contribution in [0.4, 0.5) is 0 Å². The first-order chi connectivity index (χ1) is 4.57. The molecule has 0 unspecified atom stereocenters. The fourth-order valence-corrected chi connectivity index (χ4v) is 0.512. The maximum atomic E-state index is 11.0. The summed E-state index contributed by atoms with van der Waals surface area (Å²) >= 11 is 0. The molecule has 0 radical (unpaired) electrons. The molecule has 0 saturated carbocycles. The highest BCUT2D eigenvalue weighted by Gasteiger charge is 2.02. The first kappa shape index (κ1) is 9.41. The topological polar surface area (TPSA) is 17.1 Å². The molecule has 0 aromatic carbocycles. The molecule has 0 rings (SSSR count). The highest BCUT2D eigenvalue weighted by molar-refractivity contribution is 5.91. The Bertz CT molecular complexity index is 143. The number of rotatable bonds is 3. The van der Waals surface area contributed by atoms with Gasteiger partial charge in [0.05, 0.1) is 0 Å². The first-order valence-corrected chi connectivity index (χ1v) is 3.79. The van der Waals surface area contributed by atoms with Crippen molar-refractivity contribution in [2.75, 3.05) is 0 Å². The highest BCUT2D eigenvalue weighted by Crippen LogP contribution is 2.02. The van der Waals surface area contributed by atoms with Crippen LogP contribution in [-0.4, -0.2) is 5.78 Å². The second kappa shape index (κ2) is 4.26. The lowest BCUT2D eigenvalue weighted by atomic mass is 10.1. The van der Waals surface area contributed by atoms with Gasteiger partial charge in [0.2, 0.25) is 0 Å². The van der Waals surface area contributed by atoms with E-state index in [1.165, 1.54) is 5.57 Å². The van der Waals surface area contributed by atoms with E-state index < -0.39 is 0 Å². The standard InChI is InChI=1S/C9H16O/c1-5-8(4)6-9(10)7(2)3/h6-7H,5H2,1-4H3. The van der Waals surface area contributed by atoms with Crippen LogP contribution in [0.5, 0.6) is 0 Å². The zero-order valence-corrected chi connectivity index (χ0v) is 7.27. The third-order valence-corrected chi connectivity index (χ3v) is 1.52. The van der Waals surface area contributed by atoms with Gasteiger partial charge in [-0.2, -0.15) is 0 Å². The number of hydrogen-bond acceptors (Lipinski definition) is 1. The Morgan fingerprint density at radius 3 is 2.30 bits per heavy atom. The van der Waals surface area contributed by atoms with E-state index in [1.54, 1.807) is 6.08 Å². The second-order valence-corrected chi connectivity index (χ2v) is 2.90. The summed E-state index contributed by atoms with van der Waals surface area (Å²) in [5, 5.41) is 0. The third-order valence-electron chi connectivity index (χ3n) is 1.52. The normalized spacial score (nSPS) is 12.3. The summed E-state index contributed by atoms with van der Waals surface area (Å²) in [7, 11) is 0. The summed E-state index contributed by atoms with van der Waals surface area (Å²) < 4.78 is 0. The fourth-order valence-electron chi connectivity index (χ4n) is 0.512. The van der Waals surface area contributed by atoms with E-state index in [0.29, 0.717) is 0 Å². The van der Waals surface area contributed by atoms with Crippen LogP contribution in [0.25, 0.3) is 0 Å². The minimum atomic E-state index is 0.140. The van der Waals surface area contributed by atoms with Crippen molar-refractivity contribution in [1.82, 2.24) is 0 Å². The van der Waals surface area contributed by atoms with Gasteiger partial charge in [0.15, 0.2) is 5.78 Å². The zero-order chi connectivity index (χ0) is 8.15. The number of hydrogen-bond donors (Lipinski definition) is 0. The van der Waals surface area contributed by atoms with Crippen LogP contribution in [0.3, 0.4) is 0 Å². The number of carbonyl (C=O) groups is 1. The summed E-state index contributed by atoms with van der Waals surface area (Å²) in [5.41, 5.74) is 1.17. The first-order valence-electron chi connectivity index (χ1n) is 3.79. The monoisotopic (exact) mass is 140 g/mol. The van der Waals surface area contributed by atoms with Gasteiger partial charge in [0, 0.05) is 5.92 Å². The molecule has 0 fully saturated rings. The maximum absolute atomic E-state index is 11.0. The Morgan fingerprint density at radius 2 is 2.00 bits per heavy atom.